The van der Waals surface area contributed by atoms with Gasteiger partial charge in [-0.3, -0.25) is 10.1 Å². The first kappa shape index (κ1) is 24.7. The number of rotatable bonds is 11. The molecule has 0 bridgehead atoms. The highest BCUT2D eigenvalue weighted by atomic mass is 16.6. The average molecular weight is 469 g/mol. The summed E-state index contributed by atoms with van der Waals surface area (Å²) in [6.07, 6.45) is 2.04. The van der Waals surface area contributed by atoms with Gasteiger partial charge in [-0.25, -0.2) is 0 Å². The Hall–Kier alpha value is -2.45. The van der Waals surface area contributed by atoms with E-state index in [1.807, 2.05) is 49.4 Å². The number of likely N-dealkylation sites (tertiary alicyclic amines) is 1. The van der Waals surface area contributed by atoms with E-state index in [0.717, 1.165) is 37.1 Å². The normalized spacial score (nSPS) is 18.4. The fraction of sp³-hybridized carbons (Fsp3) is 0.519. The van der Waals surface area contributed by atoms with Crippen molar-refractivity contribution in [1.82, 2.24) is 10.2 Å². The van der Waals surface area contributed by atoms with Gasteiger partial charge in [-0.05, 0) is 63.4 Å². The predicted molar refractivity (Wildman–Crippen MR) is 130 cm³/mol. The molecule has 1 saturated heterocycles. The molecule has 2 aliphatic heterocycles. The molecule has 0 amide bonds. The third-order valence-electron chi connectivity index (χ3n) is 6.60. The Morgan fingerprint density at radius 1 is 1.03 bits per heavy atom. The van der Waals surface area contributed by atoms with E-state index < -0.39 is 12.3 Å². The summed E-state index contributed by atoms with van der Waals surface area (Å²) >= 11 is 0. The third kappa shape index (κ3) is 6.57. The number of aliphatic hydroxyl groups is 2. The van der Waals surface area contributed by atoms with E-state index in [9.17, 15) is 15.0 Å². The number of benzene rings is 2. The standard InChI is InChI=1S/C27H36N2O5/c1-19-7-9-20(10-8-19)23(30)5-4-6-26(31)28-22(18-29-13-2-3-14-29)27(32)21-11-12-24-25(17-21)34-16-15-33-24/h7-12,17,22,26-28,31-32H,2-6,13-16,18H2,1H3/t22-,26?,27-/m1/s1. The Kier molecular flexibility index (Phi) is 8.56. The Morgan fingerprint density at radius 3 is 2.47 bits per heavy atom. The lowest BCUT2D eigenvalue weighted by Crippen LogP contribution is -2.48. The van der Waals surface area contributed by atoms with Crippen molar-refractivity contribution in [1.29, 1.82) is 0 Å². The maximum Gasteiger partial charge on any atom is 0.162 e. The van der Waals surface area contributed by atoms with Crippen LogP contribution in [-0.2, 0) is 0 Å². The minimum Gasteiger partial charge on any atom is -0.486 e. The molecule has 2 aliphatic rings. The van der Waals surface area contributed by atoms with E-state index in [4.69, 9.17) is 9.47 Å². The van der Waals surface area contributed by atoms with Gasteiger partial charge in [0.05, 0.1) is 12.1 Å². The van der Waals surface area contributed by atoms with Crippen LogP contribution in [0.15, 0.2) is 42.5 Å². The number of Topliss-reactive ketones (excluding diaryl/α,β-unsaturated/α-hetero) is 1. The maximum absolute atomic E-state index is 12.4. The van der Waals surface area contributed by atoms with Gasteiger partial charge in [-0.2, -0.15) is 0 Å². The second-order valence-corrected chi connectivity index (χ2v) is 9.33. The van der Waals surface area contributed by atoms with Crippen LogP contribution in [0.2, 0.25) is 0 Å². The van der Waals surface area contributed by atoms with Crippen LogP contribution in [0.3, 0.4) is 0 Å². The molecule has 2 heterocycles. The van der Waals surface area contributed by atoms with Crippen LogP contribution < -0.4 is 14.8 Å². The van der Waals surface area contributed by atoms with Gasteiger partial charge in [0, 0.05) is 18.5 Å². The Bertz CT molecular complexity index is 943. The molecule has 34 heavy (non-hydrogen) atoms. The van der Waals surface area contributed by atoms with Crippen molar-refractivity contribution >= 4 is 5.78 Å². The molecule has 3 N–H and O–H groups in total. The molecule has 7 nitrogen and oxygen atoms in total. The number of carbonyl (C=O) groups is 1. The summed E-state index contributed by atoms with van der Waals surface area (Å²) in [5.74, 6) is 1.40. The molecule has 0 aliphatic carbocycles. The molecule has 4 rings (SSSR count). The first-order chi connectivity index (χ1) is 16.5. The number of nitrogens with zero attached hydrogens (tertiary/aromatic N) is 1. The molecule has 3 atom stereocenters. The second kappa shape index (κ2) is 11.8. The van der Waals surface area contributed by atoms with Gasteiger partial charge < -0.3 is 24.6 Å². The van der Waals surface area contributed by atoms with Gasteiger partial charge in [0.15, 0.2) is 17.3 Å². The third-order valence-corrected chi connectivity index (χ3v) is 6.60. The molecule has 0 spiro atoms. The van der Waals surface area contributed by atoms with Gasteiger partial charge in [0.25, 0.3) is 0 Å². The topological polar surface area (TPSA) is 91.3 Å². The van der Waals surface area contributed by atoms with Gasteiger partial charge in [-0.1, -0.05) is 35.9 Å². The van der Waals surface area contributed by atoms with Gasteiger partial charge in [0.1, 0.15) is 19.4 Å². The van der Waals surface area contributed by atoms with Crippen LogP contribution in [0, 0.1) is 6.92 Å². The zero-order valence-corrected chi connectivity index (χ0v) is 19.9. The Balaban J connectivity index is 1.35. The summed E-state index contributed by atoms with van der Waals surface area (Å²) in [6.45, 7) is 5.62. The largest absolute Gasteiger partial charge is 0.486 e. The molecular formula is C27H36N2O5. The van der Waals surface area contributed by atoms with Crippen molar-refractivity contribution in [2.75, 3.05) is 32.8 Å². The van der Waals surface area contributed by atoms with E-state index in [-0.39, 0.29) is 11.8 Å². The van der Waals surface area contributed by atoms with Crippen LogP contribution in [0.25, 0.3) is 0 Å². The molecule has 0 aromatic heterocycles. The van der Waals surface area contributed by atoms with Crippen molar-refractivity contribution in [2.24, 2.45) is 0 Å². The zero-order valence-electron chi connectivity index (χ0n) is 19.9. The van der Waals surface area contributed by atoms with Crippen LogP contribution in [0.1, 0.15) is 59.7 Å². The van der Waals surface area contributed by atoms with Crippen molar-refractivity contribution in [3.8, 4) is 11.5 Å². The first-order valence-electron chi connectivity index (χ1n) is 12.3. The van der Waals surface area contributed by atoms with E-state index in [0.29, 0.717) is 56.1 Å². The monoisotopic (exact) mass is 468 g/mol. The fourth-order valence-electron chi connectivity index (χ4n) is 4.63. The average Bonchev–Trinajstić information content (AvgIpc) is 3.36. The summed E-state index contributed by atoms with van der Waals surface area (Å²) in [7, 11) is 0. The maximum atomic E-state index is 12.4. The molecule has 0 radical (unpaired) electrons. The highest BCUT2D eigenvalue weighted by Gasteiger charge is 2.28. The van der Waals surface area contributed by atoms with Gasteiger partial charge in [0.2, 0.25) is 0 Å². The van der Waals surface area contributed by atoms with E-state index in [1.165, 1.54) is 0 Å². The van der Waals surface area contributed by atoms with Crippen molar-refractivity contribution < 1.29 is 24.5 Å². The lowest BCUT2D eigenvalue weighted by Gasteiger charge is -2.31. The second-order valence-electron chi connectivity index (χ2n) is 9.33. The lowest BCUT2D eigenvalue weighted by molar-refractivity contribution is 0.0461. The predicted octanol–water partition coefficient (Wildman–Crippen LogP) is 3.23. The summed E-state index contributed by atoms with van der Waals surface area (Å²) in [5.41, 5.74) is 2.55. The molecule has 2 aromatic rings. The highest BCUT2D eigenvalue weighted by molar-refractivity contribution is 5.96. The minimum absolute atomic E-state index is 0.0807. The minimum atomic E-state index is -0.819. The van der Waals surface area contributed by atoms with Crippen LogP contribution >= 0.6 is 0 Å². The highest BCUT2D eigenvalue weighted by Crippen LogP contribution is 2.33. The summed E-state index contributed by atoms with van der Waals surface area (Å²) in [6, 6.07) is 12.7. The lowest BCUT2D eigenvalue weighted by atomic mass is 10.00. The number of carbonyl (C=O) groups excluding carboxylic acids is 1. The zero-order chi connectivity index (χ0) is 23.9. The van der Waals surface area contributed by atoms with Crippen molar-refractivity contribution in [2.45, 2.75) is 57.4 Å². The van der Waals surface area contributed by atoms with Crippen LogP contribution in [-0.4, -0.2) is 66.0 Å². The summed E-state index contributed by atoms with van der Waals surface area (Å²) in [4.78, 5) is 14.7. The molecule has 7 heteroatoms. The fourth-order valence-corrected chi connectivity index (χ4v) is 4.63. The molecule has 1 fully saturated rings. The smallest absolute Gasteiger partial charge is 0.162 e. The number of hydrogen-bond acceptors (Lipinski definition) is 7. The molecule has 2 aromatic carbocycles. The van der Waals surface area contributed by atoms with E-state index >= 15 is 0 Å². The number of nitrogens with one attached hydrogen (secondary N) is 1. The number of aryl methyl sites for hydroxylation is 1. The molecule has 1 unspecified atom stereocenters. The van der Waals surface area contributed by atoms with E-state index in [1.54, 1.807) is 0 Å². The molecule has 0 saturated carbocycles. The first-order valence-corrected chi connectivity index (χ1v) is 12.3. The van der Waals surface area contributed by atoms with Crippen LogP contribution in [0.5, 0.6) is 11.5 Å². The SMILES string of the molecule is Cc1ccc(C(=O)CCCC(O)N[C@H](CN2CCCC2)[C@H](O)c2ccc3c(c2)OCCO3)cc1. The molecule has 184 valence electrons. The Labute approximate surface area is 201 Å². The number of hydrogen-bond donors (Lipinski definition) is 3. The van der Waals surface area contributed by atoms with Gasteiger partial charge >= 0.3 is 0 Å². The van der Waals surface area contributed by atoms with Crippen molar-refractivity contribution in [3.05, 3.63) is 59.2 Å². The Morgan fingerprint density at radius 2 is 1.74 bits per heavy atom. The van der Waals surface area contributed by atoms with E-state index in [2.05, 4.69) is 10.2 Å². The quantitative estimate of drug-likeness (QED) is 0.345. The summed E-state index contributed by atoms with van der Waals surface area (Å²) in [5, 5.41) is 25.2. The molecular weight excluding hydrogens is 432 g/mol. The van der Waals surface area contributed by atoms with Crippen molar-refractivity contribution in [3.63, 3.8) is 0 Å². The number of ether oxygens (including phenoxy) is 2. The number of aliphatic hydroxyl groups excluding tert-OH is 2. The summed E-state index contributed by atoms with van der Waals surface area (Å²) < 4.78 is 11.3. The van der Waals surface area contributed by atoms with Gasteiger partial charge in [-0.15, -0.1) is 0 Å². The number of ketones is 1. The van der Waals surface area contributed by atoms with Crippen LogP contribution in [0.4, 0.5) is 0 Å². The number of fused-ring (bicyclic) bond motifs is 1.